The van der Waals surface area contributed by atoms with E-state index >= 15 is 0 Å². The number of nitrogens with zero attached hydrogens (tertiary/aromatic N) is 2. The molecule has 5 rings (SSSR count). The van der Waals surface area contributed by atoms with Crippen molar-refractivity contribution in [1.29, 1.82) is 0 Å². The number of fused-ring (bicyclic) bond motifs is 2. The summed E-state index contributed by atoms with van der Waals surface area (Å²) in [5, 5.41) is 5.52. The molecule has 4 aromatic rings. The van der Waals surface area contributed by atoms with Gasteiger partial charge in [-0.3, -0.25) is 9.98 Å². The molecule has 3 heteroatoms. The lowest BCUT2D eigenvalue weighted by molar-refractivity contribution is 0.514. The molecule has 0 atom stereocenters. The Kier molecular flexibility index (Phi) is 3.73. The molecule has 2 nitrogen and oxygen atoms in total. The SMILES string of the molecule is CC1(C)Cc2c(cccc2-c2ccsc2)C(c2cnc3ccccc3c2)=N1. The molecule has 3 heterocycles. The third-order valence-corrected chi connectivity index (χ3v) is 5.83. The number of aliphatic imine (C=N–C) groups is 1. The Morgan fingerprint density at radius 2 is 1.78 bits per heavy atom. The van der Waals surface area contributed by atoms with Gasteiger partial charge in [0.15, 0.2) is 0 Å². The van der Waals surface area contributed by atoms with Gasteiger partial charge in [0.2, 0.25) is 0 Å². The first-order valence-corrected chi connectivity index (χ1v) is 10.1. The predicted molar refractivity (Wildman–Crippen MR) is 115 cm³/mol. The summed E-state index contributed by atoms with van der Waals surface area (Å²) in [4.78, 5) is 9.80. The van der Waals surface area contributed by atoms with Crippen LogP contribution in [-0.4, -0.2) is 16.2 Å². The lowest BCUT2D eigenvalue weighted by Crippen LogP contribution is -2.30. The summed E-state index contributed by atoms with van der Waals surface area (Å²) in [7, 11) is 0. The molecule has 132 valence electrons. The fraction of sp³-hybridized carbons (Fsp3) is 0.167. The summed E-state index contributed by atoms with van der Waals surface area (Å²) in [6, 6.07) is 19.3. The van der Waals surface area contributed by atoms with Gasteiger partial charge in [0, 0.05) is 22.7 Å². The zero-order chi connectivity index (χ0) is 18.4. The Hall–Kier alpha value is -2.78. The van der Waals surface area contributed by atoms with Gasteiger partial charge in [-0.15, -0.1) is 0 Å². The van der Waals surface area contributed by atoms with Gasteiger partial charge in [0.25, 0.3) is 0 Å². The second-order valence-electron chi connectivity index (χ2n) is 7.71. The molecule has 2 aromatic carbocycles. The number of aromatic nitrogens is 1. The highest BCUT2D eigenvalue weighted by Gasteiger charge is 2.29. The van der Waals surface area contributed by atoms with Gasteiger partial charge in [0.05, 0.1) is 16.8 Å². The summed E-state index contributed by atoms with van der Waals surface area (Å²) >= 11 is 1.74. The topological polar surface area (TPSA) is 25.2 Å². The first-order valence-electron chi connectivity index (χ1n) is 9.21. The van der Waals surface area contributed by atoms with Gasteiger partial charge < -0.3 is 0 Å². The summed E-state index contributed by atoms with van der Waals surface area (Å²) < 4.78 is 0. The van der Waals surface area contributed by atoms with Crippen LogP contribution in [0.3, 0.4) is 0 Å². The van der Waals surface area contributed by atoms with Crippen molar-refractivity contribution in [2.75, 3.05) is 0 Å². The van der Waals surface area contributed by atoms with Crippen molar-refractivity contribution in [2.24, 2.45) is 4.99 Å². The molecule has 0 spiro atoms. The Bertz CT molecular complexity index is 1170. The van der Waals surface area contributed by atoms with Gasteiger partial charge in [-0.25, -0.2) is 0 Å². The molecule has 0 radical (unpaired) electrons. The first-order chi connectivity index (χ1) is 13.1. The molecule has 0 fully saturated rings. The van der Waals surface area contributed by atoms with Crippen LogP contribution < -0.4 is 0 Å². The van der Waals surface area contributed by atoms with Crippen LogP contribution in [0.2, 0.25) is 0 Å². The molecule has 2 aromatic heterocycles. The van der Waals surface area contributed by atoms with Crippen LogP contribution in [-0.2, 0) is 6.42 Å². The van der Waals surface area contributed by atoms with Gasteiger partial charge in [-0.05, 0) is 65.9 Å². The molecule has 0 amide bonds. The molecular formula is C24H20N2S. The number of para-hydroxylation sites is 1. The van der Waals surface area contributed by atoms with Crippen LogP contribution in [0.1, 0.15) is 30.5 Å². The lowest BCUT2D eigenvalue weighted by Gasteiger charge is -2.30. The zero-order valence-electron chi connectivity index (χ0n) is 15.4. The van der Waals surface area contributed by atoms with E-state index in [-0.39, 0.29) is 5.54 Å². The van der Waals surface area contributed by atoms with E-state index in [1.54, 1.807) is 11.3 Å². The van der Waals surface area contributed by atoms with E-state index in [1.165, 1.54) is 22.3 Å². The van der Waals surface area contributed by atoms with Crippen LogP contribution in [0.4, 0.5) is 0 Å². The second-order valence-corrected chi connectivity index (χ2v) is 8.49. The Balaban J connectivity index is 1.73. The fourth-order valence-electron chi connectivity index (χ4n) is 3.94. The van der Waals surface area contributed by atoms with E-state index in [0.717, 1.165) is 28.6 Å². The highest BCUT2D eigenvalue weighted by atomic mass is 32.1. The lowest BCUT2D eigenvalue weighted by atomic mass is 9.81. The minimum Gasteiger partial charge on any atom is -0.278 e. The summed E-state index contributed by atoms with van der Waals surface area (Å²) in [5.41, 5.74) is 8.26. The molecule has 0 aliphatic carbocycles. The van der Waals surface area contributed by atoms with Crippen molar-refractivity contribution in [2.45, 2.75) is 25.8 Å². The second kappa shape index (κ2) is 6.14. The zero-order valence-corrected chi connectivity index (χ0v) is 16.3. The monoisotopic (exact) mass is 368 g/mol. The van der Waals surface area contributed by atoms with Crippen molar-refractivity contribution < 1.29 is 0 Å². The van der Waals surface area contributed by atoms with Crippen molar-refractivity contribution in [3.05, 3.63) is 88.2 Å². The van der Waals surface area contributed by atoms with Crippen LogP contribution in [0.15, 0.2) is 76.5 Å². The molecule has 1 aliphatic rings. The van der Waals surface area contributed by atoms with Crippen molar-refractivity contribution in [3.63, 3.8) is 0 Å². The predicted octanol–water partition coefficient (Wildman–Crippen LogP) is 6.14. The number of rotatable bonds is 2. The molecule has 1 aliphatic heterocycles. The smallest absolute Gasteiger partial charge is 0.0744 e. The van der Waals surface area contributed by atoms with Crippen molar-refractivity contribution in [1.82, 2.24) is 4.98 Å². The highest BCUT2D eigenvalue weighted by Crippen LogP contribution is 2.36. The minimum absolute atomic E-state index is 0.139. The molecule has 0 saturated heterocycles. The number of hydrogen-bond donors (Lipinski definition) is 0. The van der Waals surface area contributed by atoms with Crippen LogP contribution >= 0.6 is 11.3 Å². The highest BCUT2D eigenvalue weighted by molar-refractivity contribution is 7.08. The summed E-state index contributed by atoms with van der Waals surface area (Å²) in [6.07, 6.45) is 2.91. The molecule has 0 saturated carbocycles. The van der Waals surface area contributed by atoms with Crippen LogP contribution in [0, 0.1) is 0 Å². The van der Waals surface area contributed by atoms with E-state index < -0.39 is 0 Å². The van der Waals surface area contributed by atoms with Crippen LogP contribution in [0.25, 0.3) is 22.0 Å². The molecule has 27 heavy (non-hydrogen) atoms. The van der Waals surface area contributed by atoms with E-state index in [4.69, 9.17) is 4.99 Å². The molecule has 0 unspecified atom stereocenters. The largest absolute Gasteiger partial charge is 0.278 e. The fourth-order valence-corrected chi connectivity index (χ4v) is 4.60. The Labute approximate surface area is 163 Å². The minimum atomic E-state index is -0.139. The first kappa shape index (κ1) is 16.4. The maximum Gasteiger partial charge on any atom is 0.0744 e. The van der Waals surface area contributed by atoms with Gasteiger partial charge in [-0.1, -0.05) is 36.4 Å². The Morgan fingerprint density at radius 3 is 2.63 bits per heavy atom. The van der Waals surface area contributed by atoms with Crippen molar-refractivity contribution in [3.8, 4) is 11.1 Å². The van der Waals surface area contributed by atoms with E-state index in [0.29, 0.717) is 0 Å². The number of thiophene rings is 1. The average molecular weight is 369 g/mol. The maximum absolute atomic E-state index is 5.13. The molecule has 0 N–H and O–H groups in total. The summed E-state index contributed by atoms with van der Waals surface area (Å²) in [5.74, 6) is 0. The van der Waals surface area contributed by atoms with Gasteiger partial charge in [-0.2, -0.15) is 11.3 Å². The number of benzene rings is 2. The van der Waals surface area contributed by atoms with E-state index in [1.807, 2.05) is 18.3 Å². The molecule has 0 bridgehead atoms. The average Bonchev–Trinajstić information content (AvgIpc) is 3.20. The van der Waals surface area contributed by atoms with Crippen LogP contribution in [0.5, 0.6) is 0 Å². The maximum atomic E-state index is 5.13. The van der Waals surface area contributed by atoms with E-state index in [9.17, 15) is 0 Å². The third-order valence-electron chi connectivity index (χ3n) is 5.15. The summed E-state index contributed by atoms with van der Waals surface area (Å²) in [6.45, 7) is 4.43. The quantitative estimate of drug-likeness (QED) is 0.417. The number of pyridine rings is 1. The van der Waals surface area contributed by atoms with Gasteiger partial charge in [0.1, 0.15) is 0 Å². The Morgan fingerprint density at radius 1 is 0.926 bits per heavy atom. The van der Waals surface area contributed by atoms with E-state index in [2.05, 4.69) is 72.1 Å². The standard InChI is InChI=1S/C24H20N2S/c1-24(2)13-21-19(17-10-11-27-15-17)7-5-8-20(21)23(26-24)18-12-16-6-3-4-9-22(16)25-14-18/h3-12,14-15H,13H2,1-2H3. The third kappa shape index (κ3) is 2.88. The van der Waals surface area contributed by atoms with Crippen molar-refractivity contribution >= 4 is 28.0 Å². The number of hydrogen-bond acceptors (Lipinski definition) is 3. The van der Waals surface area contributed by atoms with Gasteiger partial charge >= 0.3 is 0 Å². The normalized spacial score (nSPS) is 15.4. The molecular weight excluding hydrogens is 348 g/mol.